The maximum atomic E-state index is 15.2. The van der Waals surface area contributed by atoms with Crippen molar-refractivity contribution in [3.8, 4) is 0 Å². The number of fused-ring (bicyclic) bond motifs is 1. The molecule has 3 amide bonds. The van der Waals surface area contributed by atoms with Crippen molar-refractivity contribution in [3.05, 3.63) is 55.6 Å². The summed E-state index contributed by atoms with van der Waals surface area (Å²) in [5.74, 6) is -2.15. The molecule has 1 N–H and O–H groups in total. The zero-order chi connectivity index (χ0) is 34.2. The Hall–Kier alpha value is -2.97. The van der Waals surface area contributed by atoms with Crippen LogP contribution < -0.4 is 4.90 Å². The summed E-state index contributed by atoms with van der Waals surface area (Å²) in [4.78, 5) is 50.1. The van der Waals surface area contributed by atoms with Gasteiger partial charge in [0.2, 0.25) is 17.7 Å². The van der Waals surface area contributed by atoms with Gasteiger partial charge < -0.3 is 24.5 Å². The van der Waals surface area contributed by atoms with Gasteiger partial charge in [0.1, 0.15) is 11.6 Å². The van der Waals surface area contributed by atoms with E-state index in [2.05, 4.69) is 47.8 Å². The molecule has 2 unspecified atom stereocenters. The van der Waals surface area contributed by atoms with Gasteiger partial charge in [-0.05, 0) is 69.4 Å². The van der Waals surface area contributed by atoms with Gasteiger partial charge in [-0.2, -0.15) is 0 Å². The first-order chi connectivity index (χ1) is 21.5. The first kappa shape index (κ1) is 35.9. The maximum absolute atomic E-state index is 15.2. The number of rotatable bonds is 14. The quantitative estimate of drug-likeness (QED) is 0.254. The minimum Gasteiger partial charge on any atom is -0.394 e. The van der Waals surface area contributed by atoms with Crippen molar-refractivity contribution in [1.29, 1.82) is 0 Å². The molecule has 3 aliphatic heterocycles. The Morgan fingerprint density at radius 2 is 1.70 bits per heavy atom. The van der Waals surface area contributed by atoms with Gasteiger partial charge in [0.25, 0.3) is 0 Å². The molecule has 8 nitrogen and oxygen atoms in total. The van der Waals surface area contributed by atoms with Gasteiger partial charge in [-0.25, -0.2) is 0 Å². The van der Waals surface area contributed by atoms with Crippen LogP contribution in [0, 0.1) is 23.2 Å². The molecule has 8 heteroatoms. The highest BCUT2D eigenvalue weighted by atomic mass is 16.5. The van der Waals surface area contributed by atoms with Crippen molar-refractivity contribution in [2.24, 2.45) is 23.2 Å². The van der Waals surface area contributed by atoms with E-state index in [1.54, 1.807) is 22.0 Å². The van der Waals surface area contributed by atoms with Crippen molar-refractivity contribution in [1.82, 2.24) is 9.80 Å². The number of amides is 3. The van der Waals surface area contributed by atoms with E-state index in [1.165, 1.54) is 0 Å². The SMILES string of the molecule is C=CCN(C(=O)[C@H]1[C@H]2C(=O)N([C@@H](CO)CC(C)C)C(C(=O)N(CC=C)C(C)(C)CC(C)(C)C)C23CC[C@]1(CC)O3)c1ccccc1. The van der Waals surface area contributed by atoms with E-state index in [4.69, 9.17) is 4.74 Å². The summed E-state index contributed by atoms with van der Waals surface area (Å²) in [6.45, 7) is 24.9. The zero-order valence-electron chi connectivity index (χ0n) is 29.4. The summed E-state index contributed by atoms with van der Waals surface area (Å²) in [6.07, 6.45) is 6.26. The predicted molar refractivity (Wildman–Crippen MR) is 183 cm³/mol. The van der Waals surface area contributed by atoms with Crippen molar-refractivity contribution < 1.29 is 24.2 Å². The van der Waals surface area contributed by atoms with E-state index in [0.29, 0.717) is 32.2 Å². The van der Waals surface area contributed by atoms with Crippen molar-refractivity contribution in [2.75, 3.05) is 24.6 Å². The number of hydrogen-bond donors (Lipinski definition) is 1. The maximum Gasteiger partial charge on any atom is 0.249 e. The molecule has 3 aliphatic rings. The van der Waals surface area contributed by atoms with E-state index < -0.39 is 40.7 Å². The van der Waals surface area contributed by atoms with Gasteiger partial charge >= 0.3 is 0 Å². The Bertz CT molecular complexity index is 1300. The first-order valence-electron chi connectivity index (χ1n) is 17.1. The third kappa shape index (κ3) is 6.19. The highest BCUT2D eigenvalue weighted by molar-refractivity contribution is 6.03. The molecule has 4 rings (SSSR count). The third-order valence-corrected chi connectivity index (χ3v) is 10.4. The summed E-state index contributed by atoms with van der Waals surface area (Å²) in [5.41, 5.74) is -1.99. The molecule has 3 saturated heterocycles. The molecule has 1 aromatic carbocycles. The molecular weight excluding hydrogens is 578 g/mol. The highest BCUT2D eigenvalue weighted by Gasteiger charge is 2.79. The van der Waals surface area contributed by atoms with Crippen LogP contribution in [0.3, 0.4) is 0 Å². The molecule has 0 saturated carbocycles. The van der Waals surface area contributed by atoms with Gasteiger partial charge in [-0.1, -0.05) is 71.9 Å². The number of carbonyl (C=O) groups excluding carboxylic acids is 3. The molecule has 1 spiro atoms. The van der Waals surface area contributed by atoms with Crippen LogP contribution >= 0.6 is 0 Å². The van der Waals surface area contributed by atoms with Gasteiger partial charge in [0.05, 0.1) is 30.1 Å². The summed E-state index contributed by atoms with van der Waals surface area (Å²) in [5, 5.41) is 10.8. The number of hydrogen-bond acceptors (Lipinski definition) is 5. The fourth-order valence-corrected chi connectivity index (χ4v) is 9.06. The summed E-state index contributed by atoms with van der Waals surface area (Å²) < 4.78 is 7.10. The Morgan fingerprint density at radius 3 is 2.22 bits per heavy atom. The minimum atomic E-state index is -1.19. The standard InChI is InChI=1S/C38H57N3O5/c1-11-21-39(27-17-15-14-16-18-27)32(43)29-30-33(44)41(28(24-42)23-26(4)5)31(38(30)20-19-37(29,13-3)46-38)34(45)40(22-12-2)36(9,10)25-35(6,7)8/h11-12,14-18,26,28-31,42H,1-2,13,19-25H2,3-10H3/t28-,29-,30+,31?,37+,38?/m1/s1. The Morgan fingerprint density at radius 1 is 1.07 bits per heavy atom. The summed E-state index contributed by atoms with van der Waals surface area (Å²) in [7, 11) is 0. The average molecular weight is 636 g/mol. The van der Waals surface area contributed by atoms with Crippen LogP contribution in [0.5, 0.6) is 0 Å². The van der Waals surface area contributed by atoms with E-state index in [0.717, 1.165) is 12.1 Å². The van der Waals surface area contributed by atoms with Crippen LogP contribution in [-0.2, 0) is 19.1 Å². The number of aliphatic hydroxyl groups is 1. The lowest BCUT2D eigenvalue weighted by molar-refractivity contribution is -0.160. The van der Waals surface area contributed by atoms with Crippen LogP contribution in [0.25, 0.3) is 0 Å². The smallest absolute Gasteiger partial charge is 0.249 e. The molecule has 0 aliphatic carbocycles. The largest absolute Gasteiger partial charge is 0.394 e. The van der Waals surface area contributed by atoms with E-state index in [1.807, 2.05) is 56.0 Å². The molecule has 3 fully saturated rings. The van der Waals surface area contributed by atoms with E-state index >= 15 is 4.79 Å². The van der Waals surface area contributed by atoms with E-state index in [9.17, 15) is 14.7 Å². The normalized spacial score (nSPS) is 27.9. The Balaban J connectivity index is 1.90. The van der Waals surface area contributed by atoms with Crippen LogP contribution in [0.2, 0.25) is 0 Å². The molecule has 0 radical (unpaired) electrons. The second kappa shape index (κ2) is 13.3. The number of aliphatic hydroxyl groups excluding tert-OH is 1. The van der Waals surface area contributed by atoms with Crippen LogP contribution in [0.4, 0.5) is 5.69 Å². The molecule has 3 heterocycles. The second-order valence-corrected chi connectivity index (χ2v) is 15.9. The van der Waals surface area contributed by atoms with Gasteiger partial charge in [-0.15, -0.1) is 13.2 Å². The fourth-order valence-electron chi connectivity index (χ4n) is 9.06. The Kier molecular flexibility index (Phi) is 10.3. The molecule has 6 atom stereocenters. The number of ether oxygens (including phenoxy) is 1. The van der Waals surface area contributed by atoms with Crippen molar-refractivity contribution in [2.45, 2.75) is 116 Å². The molecule has 46 heavy (non-hydrogen) atoms. The monoisotopic (exact) mass is 635 g/mol. The summed E-state index contributed by atoms with van der Waals surface area (Å²) >= 11 is 0. The van der Waals surface area contributed by atoms with E-state index in [-0.39, 0.29) is 42.2 Å². The molecule has 0 aromatic heterocycles. The zero-order valence-corrected chi connectivity index (χ0v) is 29.4. The number of para-hydroxylation sites is 1. The lowest BCUT2D eigenvalue weighted by atomic mass is 9.64. The first-order valence-corrected chi connectivity index (χ1v) is 17.1. The van der Waals surface area contributed by atoms with Crippen molar-refractivity contribution in [3.63, 3.8) is 0 Å². The number of carbonyl (C=O) groups is 3. The third-order valence-electron chi connectivity index (χ3n) is 10.4. The lowest BCUT2D eigenvalue weighted by Gasteiger charge is -2.46. The molecule has 2 bridgehead atoms. The van der Waals surface area contributed by atoms with Crippen LogP contribution in [0.15, 0.2) is 55.6 Å². The fraction of sp³-hybridized carbons (Fsp3) is 0.658. The summed E-state index contributed by atoms with van der Waals surface area (Å²) in [6, 6.07) is 7.87. The number of anilines is 1. The number of nitrogens with zero attached hydrogens (tertiary/aromatic N) is 3. The molecule has 1 aromatic rings. The molecular formula is C38H57N3O5. The van der Waals surface area contributed by atoms with Gasteiger partial charge in [0, 0.05) is 24.3 Å². The van der Waals surface area contributed by atoms with Crippen molar-refractivity contribution >= 4 is 23.4 Å². The highest BCUT2D eigenvalue weighted by Crippen LogP contribution is 2.65. The molecule has 254 valence electrons. The number of likely N-dealkylation sites (tertiary alicyclic amines) is 1. The van der Waals surface area contributed by atoms with Gasteiger partial charge in [0.15, 0.2) is 0 Å². The van der Waals surface area contributed by atoms with Crippen LogP contribution in [-0.4, -0.2) is 81.1 Å². The second-order valence-electron chi connectivity index (χ2n) is 15.9. The lowest BCUT2D eigenvalue weighted by Crippen LogP contribution is -2.62. The predicted octanol–water partition coefficient (Wildman–Crippen LogP) is 6.00. The average Bonchev–Trinajstić information content (AvgIpc) is 3.59. The minimum absolute atomic E-state index is 0.0708. The van der Waals surface area contributed by atoms with Crippen LogP contribution in [0.1, 0.15) is 87.5 Å². The Labute approximate surface area is 276 Å². The number of benzene rings is 1. The van der Waals surface area contributed by atoms with Gasteiger partial charge in [-0.3, -0.25) is 14.4 Å². The topological polar surface area (TPSA) is 90.4 Å².